The number of aryl methyl sites for hydroxylation is 1. The number of imide groups is 2. The Bertz CT molecular complexity index is 1160. The Balaban J connectivity index is 2.16. The van der Waals surface area contributed by atoms with Crippen LogP contribution in [-0.4, -0.2) is 23.0 Å². The van der Waals surface area contributed by atoms with Crippen molar-refractivity contribution < 1.29 is 19.5 Å². The SMILES string of the molecule is Cc1cc(N2C(=O)NC(=O)C(=Cc3cc(C(C)(C)C)c(O)c(C(C)(C)C)c3)C2=O)ccc1Br. The molecule has 1 heterocycles. The molecule has 0 aromatic heterocycles. The second kappa shape index (κ2) is 8.45. The van der Waals surface area contributed by atoms with Crippen LogP contribution >= 0.6 is 15.9 Å². The third-order valence-corrected chi connectivity index (χ3v) is 6.45. The Morgan fingerprint density at radius 1 is 0.939 bits per heavy atom. The van der Waals surface area contributed by atoms with Crippen LogP contribution in [0.25, 0.3) is 6.08 Å². The Morgan fingerprint density at radius 3 is 1.97 bits per heavy atom. The minimum atomic E-state index is -0.791. The number of urea groups is 1. The maximum absolute atomic E-state index is 13.3. The highest BCUT2D eigenvalue weighted by Crippen LogP contribution is 2.40. The molecule has 33 heavy (non-hydrogen) atoms. The molecule has 0 unspecified atom stereocenters. The van der Waals surface area contributed by atoms with E-state index in [1.54, 1.807) is 30.3 Å². The summed E-state index contributed by atoms with van der Waals surface area (Å²) in [5, 5.41) is 13.2. The van der Waals surface area contributed by atoms with E-state index in [1.807, 2.05) is 48.5 Å². The van der Waals surface area contributed by atoms with Gasteiger partial charge in [-0.25, -0.2) is 9.69 Å². The third kappa shape index (κ3) is 4.88. The summed E-state index contributed by atoms with van der Waals surface area (Å²) in [5.74, 6) is -1.25. The van der Waals surface area contributed by atoms with Crippen LogP contribution in [0.4, 0.5) is 10.5 Å². The molecule has 2 aromatic carbocycles. The van der Waals surface area contributed by atoms with Crippen LogP contribution in [0.5, 0.6) is 5.75 Å². The number of carbonyl (C=O) groups is 3. The van der Waals surface area contributed by atoms with Crippen LogP contribution in [0, 0.1) is 6.92 Å². The van der Waals surface area contributed by atoms with Gasteiger partial charge in [0.15, 0.2) is 0 Å². The smallest absolute Gasteiger partial charge is 0.335 e. The predicted molar refractivity (Wildman–Crippen MR) is 133 cm³/mol. The third-order valence-electron chi connectivity index (χ3n) is 5.56. The van der Waals surface area contributed by atoms with E-state index in [9.17, 15) is 19.5 Å². The molecule has 1 saturated heterocycles. The number of rotatable bonds is 2. The van der Waals surface area contributed by atoms with E-state index in [0.29, 0.717) is 22.4 Å². The maximum atomic E-state index is 13.3. The first-order chi connectivity index (χ1) is 15.1. The van der Waals surface area contributed by atoms with Crippen molar-refractivity contribution in [1.29, 1.82) is 0 Å². The van der Waals surface area contributed by atoms with Gasteiger partial charge in [0.05, 0.1) is 5.69 Å². The number of anilines is 1. The maximum Gasteiger partial charge on any atom is 0.335 e. The monoisotopic (exact) mass is 512 g/mol. The van der Waals surface area contributed by atoms with Crippen molar-refractivity contribution in [2.45, 2.75) is 59.3 Å². The van der Waals surface area contributed by atoms with E-state index >= 15 is 0 Å². The van der Waals surface area contributed by atoms with Gasteiger partial charge in [0.1, 0.15) is 11.3 Å². The summed E-state index contributed by atoms with van der Waals surface area (Å²) in [5.41, 5.74) is 2.35. The Morgan fingerprint density at radius 2 is 1.48 bits per heavy atom. The van der Waals surface area contributed by atoms with Crippen molar-refractivity contribution >= 4 is 45.5 Å². The van der Waals surface area contributed by atoms with Crippen molar-refractivity contribution in [3.63, 3.8) is 0 Å². The molecule has 174 valence electrons. The lowest BCUT2D eigenvalue weighted by Crippen LogP contribution is -2.54. The summed E-state index contributed by atoms with van der Waals surface area (Å²) >= 11 is 3.41. The molecule has 2 aromatic rings. The minimum Gasteiger partial charge on any atom is -0.507 e. The van der Waals surface area contributed by atoms with Crippen molar-refractivity contribution in [1.82, 2.24) is 5.32 Å². The molecule has 0 saturated carbocycles. The van der Waals surface area contributed by atoms with Crippen molar-refractivity contribution in [3.8, 4) is 5.75 Å². The molecule has 0 radical (unpaired) electrons. The van der Waals surface area contributed by atoms with E-state index in [0.717, 1.165) is 14.9 Å². The average Bonchev–Trinajstić information content (AvgIpc) is 2.67. The molecule has 3 rings (SSSR count). The lowest BCUT2D eigenvalue weighted by Gasteiger charge is -2.29. The number of carbonyl (C=O) groups excluding carboxylic acids is 3. The van der Waals surface area contributed by atoms with E-state index in [2.05, 4.69) is 21.2 Å². The van der Waals surface area contributed by atoms with E-state index in [1.165, 1.54) is 6.08 Å². The number of barbiturate groups is 1. The Hall–Kier alpha value is -2.93. The Kier molecular flexibility index (Phi) is 6.33. The largest absolute Gasteiger partial charge is 0.507 e. The lowest BCUT2D eigenvalue weighted by atomic mass is 9.78. The van der Waals surface area contributed by atoms with Gasteiger partial charge < -0.3 is 5.11 Å². The molecule has 6 nitrogen and oxygen atoms in total. The second-order valence-electron chi connectivity index (χ2n) is 10.4. The molecule has 4 amide bonds. The fourth-order valence-corrected chi connectivity index (χ4v) is 3.96. The zero-order valence-electron chi connectivity index (χ0n) is 20.0. The minimum absolute atomic E-state index is 0.152. The van der Waals surface area contributed by atoms with Gasteiger partial charge in [-0.15, -0.1) is 0 Å². The number of phenolic OH excluding ortho intramolecular Hbond substituents is 1. The van der Waals surface area contributed by atoms with Gasteiger partial charge in [-0.2, -0.15) is 0 Å². The summed E-state index contributed by atoms with van der Waals surface area (Å²) in [4.78, 5) is 39.4. The van der Waals surface area contributed by atoms with Crippen LogP contribution in [0.15, 0.2) is 40.4 Å². The van der Waals surface area contributed by atoms with E-state index in [-0.39, 0.29) is 22.2 Å². The number of nitrogens with one attached hydrogen (secondary N) is 1. The number of aromatic hydroxyl groups is 1. The van der Waals surface area contributed by atoms with Crippen LogP contribution in [0.1, 0.15) is 63.8 Å². The molecule has 7 heteroatoms. The molecule has 1 fully saturated rings. The molecule has 0 bridgehead atoms. The number of benzene rings is 2. The lowest BCUT2D eigenvalue weighted by molar-refractivity contribution is -0.122. The van der Waals surface area contributed by atoms with Gasteiger partial charge >= 0.3 is 6.03 Å². The molecular formula is C26H29BrN2O4. The first-order valence-electron chi connectivity index (χ1n) is 10.7. The first-order valence-corrected chi connectivity index (χ1v) is 11.5. The highest BCUT2D eigenvalue weighted by molar-refractivity contribution is 9.10. The number of halogens is 1. The number of nitrogens with zero attached hydrogens (tertiary/aromatic N) is 1. The highest BCUT2D eigenvalue weighted by Gasteiger charge is 2.37. The zero-order chi connectivity index (χ0) is 24.9. The summed E-state index contributed by atoms with van der Waals surface area (Å²) in [7, 11) is 0. The average molecular weight is 513 g/mol. The van der Waals surface area contributed by atoms with Crippen molar-refractivity contribution in [2.75, 3.05) is 4.90 Å². The summed E-state index contributed by atoms with van der Waals surface area (Å²) in [6, 6.07) is 7.85. The van der Waals surface area contributed by atoms with Crippen LogP contribution in [0.3, 0.4) is 0 Å². The standard InChI is InChI=1S/C26H29BrN2O4/c1-14-10-16(8-9-20(14)27)29-23(32)17(22(31)28-24(29)33)11-15-12-18(25(2,3)4)21(30)19(13-15)26(5,6)7/h8-13,30H,1-7H3,(H,28,31,33). The normalized spacial score (nSPS) is 16.4. The molecule has 0 spiro atoms. The zero-order valence-corrected chi connectivity index (χ0v) is 21.5. The van der Waals surface area contributed by atoms with Crippen LogP contribution in [-0.2, 0) is 20.4 Å². The topological polar surface area (TPSA) is 86.7 Å². The summed E-state index contributed by atoms with van der Waals surface area (Å²) in [6.45, 7) is 13.8. The number of hydrogen-bond donors (Lipinski definition) is 2. The van der Waals surface area contributed by atoms with Gasteiger partial charge in [-0.1, -0.05) is 57.5 Å². The van der Waals surface area contributed by atoms with Gasteiger partial charge in [0.25, 0.3) is 11.8 Å². The summed E-state index contributed by atoms with van der Waals surface area (Å²) < 4.78 is 0.844. The van der Waals surface area contributed by atoms with Crippen molar-refractivity contribution in [3.05, 3.63) is 62.6 Å². The molecule has 2 N–H and O–H groups in total. The quantitative estimate of drug-likeness (QED) is 0.397. The number of hydrogen-bond acceptors (Lipinski definition) is 4. The van der Waals surface area contributed by atoms with Gasteiger partial charge in [-0.05, 0) is 65.3 Å². The van der Waals surface area contributed by atoms with E-state index in [4.69, 9.17) is 0 Å². The van der Waals surface area contributed by atoms with Crippen LogP contribution in [0.2, 0.25) is 0 Å². The van der Waals surface area contributed by atoms with Gasteiger partial charge in [0.2, 0.25) is 0 Å². The second-order valence-corrected chi connectivity index (χ2v) is 11.2. The van der Waals surface area contributed by atoms with Crippen molar-refractivity contribution in [2.24, 2.45) is 0 Å². The molecular weight excluding hydrogens is 484 g/mol. The molecule has 1 aliphatic rings. The molecule has 0 aliphatic carbocycles. The predicted octanol–water partition coefficient (Wildman–Crippen LogP) is 5.72. The number of amides is 4. The fraction of sp³-hybridized carbons (Fsp3) is 0.346. The van der Waals surface area contributed by atoms with Gasteiger partial charge in [-0.3, -0.25) is 14.9 Å². The van der Waals surface area contributed by atoms with E-state index < -0.39 is 17.8 Å². The van der Waals surface area contributed by atoms with Crippen LogP contribution < -0.4 is 10.2 Å². The Labute approximate surface area is 202 Å². The summed E-state index contributed by atoms with van der Waals surface area (Å²) in [6.07, 6.45) is 1.48. The first kappa shape index (κ1) is 24.7. The highest BCUT2D eigenvalue weighted by atomic mass is 79.9. The number of phenols is 1. The van der Waals surface area contributed by atoms with Gasteiger partial charge in [0, 0.05) is 15.6 Å². The molecule has 1 aliphatic heterocycles. The fourth-order valence-electron chi connectivity index (χ4n) is 3.71. The molecule has 0 atom stereocenters.